The highest BCUT2D eigenvalue weighted by Gasteiger charge is 2.32. The van der Waals surface area contributed by atoms with Gasteiger partial charge in [0.15, 0.2) is 11.6 Å². The zero-order chi connectivity index (χ0) is 24.2. The highest BCUT2D eigenvalue weighted by molar-refractivity contribution is 5.89. The fourth-order valence-corrected chi connectivity index (χ4v) is 6.02. The van der Waals surface area contributed by atoms with Gasteiger partial charge in [0.2, 0.25) is 0 Å². The molecule has 0 radical (unpaired) electrons. The van der Waals surface area contributed by atoms with E-state index in [1.807, 2.05) is 6.92 Å². The fourth-order valence-electron chi connectivity index (χ4n) is 6.02. The molecule has 0 atom stereocenters. The summed E-state index contributed by atoms with van der Waals surface area (Å²) in [6.45, 7) is 4.72. The van der Waals surface area contributed by atoms with Crippen LogP contribution in [0.3, 0.4) is 0 Å². The van der Waals surface area contributed by atoms with Gasteiger partial charge < -0.3 is 9.47 Å². The Labute approximate surface area is 207 Å². The van der Waals surface area contributed by atoms with Crippen LogP contribution in [-0.2, 0) is 4.74 Å². The molecule has 0 bridgehead atoms. The molecule has 0 aromatic heterocycles. The van der Waals surface area contributed by atoms with Gasteiger partial charge in [-0.15, -0.1) is 0 Å². The van der Waals surface area contributed by atoms with Gasteiger partial charge in [-0.25, -0.2) is 9.18 Å². The quantitative estimate of drug-likeness (QED) is 0.211. The second kappa shape index (κ2) is 14.7. The third-order valence-corrected chi connectivity index (χ3v) is 8.15. The summed E-state index contributed by atoms with van der Waals surface area (Å²) in [7, 11) is 0. The maximum Gasteiger partial charge on any atom is 0.338 e. The highest BCUT2D eigenvalue weighted by Crippen LogP contribution is 2.41. The number of halogens is 1. The van der Waals surface area contributed by atoms with E-state index >= 15 is 0 Å². The van der Waals surface area contributed by atoms with Gasteiger partial charge in [0.05, 0.1) is 12.2 Å². The summed E-state index contributed by atoms with van der Waals surface area (Å²) in [4.78, 5) is 12.5. The summed E-state index contributed by atoms with van der Waals surface area (Å²) < 4.78 is 25.3. The number of ether oxygens (including phenoxy) is 2. The van der Waals surface area contributed by atoms with Crippen molar-refractivity contribution in [1.82, 2.24) is 0 Å². The first-order valence-corrected chi connectivity index (χ1v) is 14.2. The van der Waals surface area contributed by atoms with E-state index in [9.17, 15) is 9.18 Å². The van der Waals surface area contributed by atoms with Crippen molar-refractivity contribution in [3.05, 3.63) is 29.6 Å². The topological polar surface area (TPSA) is 35.5 Å². The van der Waals surface area contributed by atoms with E-state index in [-0.39, 0.29) is 17.4 Å². The normalized spacial score (nSPS) is 25.1. The molecule has 0 saturated heterocycles. The van der Waals surface area contributed by atoms with Gasteiger partial charge in [0.1, 0.15) is 6.10 Å². The zero-order valence-electron chi connectivity index (χ0n) is 21.7. The van der Waals surface area contributed by atoms with Crippen LogP contribution in [0, 0.1) is 23.6 Å². The minimum atomic E-state index is -0.501. The van der Waals surface area contributed by atoms with Crippen molar-refractivity contribution < 1.29 is 18.7 Å². The van der Waals surface area contributed by atoms with E-state index in [0.717, 1.165) is 49.9 Å². The minimum absolute atomic E-state index is 0.0353. The molecule has 0 amide bonds. The van der Waals surface area contributed by atoms with Crippen LogP contribution < -0.4 is 4.74 Å². The first kappa shape index (κ1) is 27.0. The van der Waals surface area contributed by atoms with Gasteiger partial charge in [0.25, 0.3) is 0 Å². The van der Waals surface area contributed by atoms with Crippen LogP contribution in [-0.4, -0.2) is 18.7 Å². The molecule has 2 saturated carbocycles. The average Bonchev–Trinajstić information content (AvgIpc) is 2.86. The second-order valence-electron chi connectivity index (χ2n) is 10.8. The zero-order valence-corrected chi connectivity index (χ0v) is 21.7. The van der Waals surface area contributed by atoms with Crippen LogP contribution >= 0.6 is 0 Å². The van der Waals surface area contributed by atoms with Crippen molar-refractivity contribution in [2.45, 2.75) is 123 Å². The Hall–Kier alpha value is -1.58. The summed E-state index contributed by atoms with van der Waals surface area (Å²) in [6, 6.07) is 4.37. The molecule has 0 unspecified atom stereocenters. The summed E-state index contributed by atoms with van der Waals surface area (Å²) in [5.74, 6) is 1.89. The molecule has 1 aromatic rings. The van der Waals surface area contributed by atoms with E-state index in [1.165, 1.54) is 82.8 Å². The lowest BCUT2D eigenvalue weighted by Crippen LogP contribution is -2.29. The van der Waals surface area contributed by atoms with E-state index in [0.29, 0.717) is 6.61 Å². The van der Waals surface area contributed by atoms with E-state index < -0.39 is 11.8 Å². The van der Waals surface area contributed by atoms with Crippen molar-refractivity contribution >= 4 is 5.97 Å². The average molecular weight is 475 g/mol. The summed E-state index contributed by atoms with van der Waals surface area (Å²) in [5.41, 5.74) is 0.271. The number of rotatable bonds is 13. The molecule has 0 N–H and O–H groups in total. The lowest BCUT2D eigenvalue weighted by Gasteiger charge is -2.37. The monoisotopic (exact) mass is 474 g/mol. The predicted molar refractivity (Wildman–Crippen MR) is 137 cm³/mol. The highest BCUT2D eigenvalue weighted by atomic mass is 19.1. The summed E-state index contributed by atoms with van der Waals surface area (Å²) in [5, 5.41) is 0. The van der Waals surface area contributed by atoms with E-state index in [1.54, 1.807) is 6.07 Å². The molecule has 4 heteroatoms. The van der Waals surface area contributed by atoms with Crippen LogP contribution in [0.4, 0.5) is 4.39 Å². The van der Waals surface area contributed by atoms with E-state index in [4.69, 9.17) is 9.47 Å². The number of hydrogen-bond donors (Lipinski definition) is 0. The Balaban J connectivity index is 1.32. The summed E-state index contributed by atoms with van der Waals surface area (Å²) in [6.07, 6.45) is 20.4. The predicted octanol–water partition coefficient (Wildman–Crippen LogP) is 8.89. The van der Waals surface area contributed by atoms with Crippen LogP contribution in [0.25, 0.3) is 0 Å². The van der Waals surface area contributed by atoms with Crippen LogP contribution in [0.2, 0.25) is 0 Å². The maximum atomic E-state index is 14.2. The first-order valence-electron chi connectivity index (χ1n) is 14.2. The van der Waals surface area contributed by atoms with Gasteiger partial charge in [-0.1, -0.05) is 71.6 Å². The molecule has 0 heterocycles. The van der Waals surface area contributed by atoms with Gasteiger partial charge >= 0.3 is 5.97 Å². The number of hydrogen-bond acceptors (Lipinski definition) is 3. The van der Waals surface area contributed by atoms with Gasteiger partial charge in [-0.2, -0.15) is 0 Å². The number of carbonyl (C=O) groups excluding carboxylic acids is 1. The molecule has 2 aliphatic rings. The molecular weight excluding hydrogens is 427 g/mol. The molecule has 0 spiro atoms. The minimum Gasteiger partial charge on any atom is -0.491 e. The maximum absolute atomic E-state index is 14.2. The van der Waals surface area contributed by atoms with Gasteiger partial charge in [-0.05, 0) is 80.9 Å². The molecule has 3 nitrogen and oxygen atoms in total. The third-order valence-electron chi connectivity index (χ3n) is 8.15. The third kappa shape index (κ3) is 8.57. The molecule has 192 valence electrons. The number of unbranched alkanes of at least 4 members (excludes halogenated alkanes) is 5. The van der Waals surface area contributed by atoms with Crippen LogP contribution in [0.1, 0.15) is 127 Å². The smallest absolute Gasteiger partial charge is 0.338 e. The molecule has 3 rings (SSSR count). The Kier molecular flexibility index (Phi) is 11.7. The fraction of sp³-hybridized carbons (Fsp3) is 0.767. The summed E-state index contributed by atoms with van der Waals surface area (Å²) >= 11 is 0. The van der Waals surface area contributed by atoms with Crippen molar-refractivity contribution in [1.29, 1.82) is 0 Å². The van der Waals surface area contributed by atoms with Crippen LogP contribution in [0.5, 0.6) is 5.75 Å². The van der Waals surface area contributed by atoms with E-state index in [2.05, 4.69) is 6.92 Å². The van der Waals surface area contributed by atoms with Crippen molar-refractivity contribution in [2.75, 3.05) is 6.61 Å². The largest absolute Gasteiger partial charge is 0.491 e. The SMILES string of the molecule is CCCCCCCCC1CCC(C2CCC(OC(=O)c3ccc(OCCC)c(F)c3)CC2)CC1. The Morgan fingerprint density at radius 1 is 0.853 bits per heavy atom. The number of benzene rings is 1. The number of esters is 1. The lowest BCUT2D eigenvalue weighted by molar-refractivity contribution is 0.0109. The molecule has 2 fully saturated rings. The van der Waals surface area contributed by atoms with Gasteiger partial charge in [0, 0.05) is 0 Å². The Morgan fingerprint density at radius 2 is 1.50 bits per heavy atom. The van der Waals surface area contributed by atoms with Crippen molar-refractivity contribution in [3.8, 4) is 5.75 Å². The van der Waals surface area contributed by atoms with Crippen molar-refractivity contribution in [3.63, 3.8) is 0 Å². The number of carbonyl (C=O) groups is 1. The standard InChI is InChI=1S/C30H47FO3/c1-3-5-6-7-8-9-10-23-11-13-24(14-12-23)25-15-18-27(19-16-25)34-30(32)26-17-20-29(28(31)22-26)33-21-4-2/h17,20,22-25,27H,3-16,18-19,21H2,1-2H3. The second-order valence-corrected chi connectivity index (χ2v) is 10.8. The first-order chi connectivity index (χ1) is 16.6. The Morgan fingerprint density at radius 3 is 2.15 bits per heavy atom. The molecule has 1 aromatic carbocycles. The lowest BCUT2D eigenvalue weighted by atomic mass is 9.70. The van der Waals surface area contributed by atoms with Crippen LogP contribution in [0.15, 0.2) is 18.2 Å². The molecule has 0 aliphatic heterocycles. The Bertz CT molecular complexity index is 718. The van der Waals surface area contributed by atoms with Crippen molar-refractivity contribution in [2.24, 2.45) is 17.8 Å². The molecular formula is C30H47FO3. The van der Waals surface area contributed by atoms with Gasteiger partial charge in [-0.3, -0.25) is 0 Å². The molecule has 2 aliphatic carbocycles. The molecule has 34 heavy (non-hydrogen) atoms.